The lowest BCUT2D eigenvalue weighted by molar-refractivity contribution is -0.139. The number of anilines is 1. The largest absolute Gasteiger partial charge is 0.352 e. The molecular formula is C26H33Cl2N3O4S. The maximum absolute atomic E-state index is 13.6. The van der Waals surface area contributed by atoms with Crippen molar-refractivity contribution in [3.05, 3.63) is 63.6 Å². The summed E-state index contributed by atoms with van der Waals surface area (Å²) in [5, 5.41) is 3.78. The molecule has 1 saturated carbocycles. The van der Waals surface area contributed by atoms with Crippen LogP contribution in [0.5, 0.6) is 0 Å². The summed E-state index contributed by atoms with van der Waals surface area (Å²) in [5.74, 6) is -0.768. The summed E-state index contributed by atoms with van der Waals surface area (Å²) in [6.45, 7) is 3.14. The Bertz CT molecular complexity index is 1200. The fourth-order valence-electron chi connectivity index (χ4n) is 4.38. The van der Waals surface area contributed by atoms with Gasteiger partial charge in [0.1, 0.15) is 12.6 Å². The van der Waals surface area contributed by atoms with Gasteiger partial charge in [0.15, 0.2) is 0 Å². The Balaban J connectivity index is 1.89. The molecule has 2 aromatic rings. The molecule has 10 heteroatoms. The minimum Gasteiger partial charge on any atom is -0.352 e. The first-order valence-corrected chi connectivity index (χ1v) is 14.6. The molecule has 3 rings (SSSR count). The van der Waals surface area contributed by atoms with Gasteiger partial charge in [-0.05, 0) is 62.1 Å². The molecule has 1 aliphatic carbocycles. The molecule has 0 aromatic heterocycles. The molecule has 0 aliphatic heterocycles. The molecule has 1 atom stereocenters. The van der Waals surface area contributed by atoms with E-state index in [9.17, 15) is 18.0 Å². The van der Waals surface area contributed by atoms with Gasteiger partial charge in [0.25, 0.3) is 0 Å². The molecule has 7 nitrogen and oxygen atoms in total. The van der Waals surface area contributed by atoms with Crippen molar-refractivity contribution in [2.75, 3.05) is 17.1 Å². The highest BCUT2D eigenvalue weighted by atomic mass is 35.5. The van der Waals surface area contributed by atoms with Gasteiger partial charge in [0, 0.05) is 12.6 Å². The van der Waals surface area contributed by atoms with Gasteiger partial charge in [0.05, 0.1) is 22.0 Å². The van der Waals surface area contributed by atoms with E-state index in [0.29, 0.717) is 21.3 Å². The molecule has 2 amide bonds. The van der Waals surface area contributed by atoms with Gasteiger partial charge in [-0.2, -0.15) is 0 Å². The first-order chi connectivity index (χ1) is 17.0. The molecule has 0 heterocycles. The van der Waals surface area contributed by atoms with Gasteiger partial charge >= 0.3 is 0 Å². The van der Waals surface area contributed by atoms with Crippen LogP contribution < -0.4 is 9.62 Å². The van der Waals surface area contributed by atoms with Gasteiger partial charge in [-0.25, -0.2) is 8.42 Å². The Morgan fingerprint density at radius 2 is 1.75 bits per heavy atom. The zero-order valence-electron chi connectivity index (χ0n) is 20.8. The SMILES string of the molecule is Cc1cccc(N(CC(=O)N(Cc2ccc(Cl)c(Cl)c2)C(C)C(=O)NC2CCCCC2)S(C)(=O)=O)c1. The molecule has 0 radical (unpaired) electrons. The van der Waals surface area contributed by atoms with Crippen LogP contribution in [0.2, 0.25) is 10.0 Å². The van der Waals surface area contributed by atoms with E-state index in [1.807, 2.05) is 13.0 Å². The number of sulfonamides is 1. The Labute approximate surface area is 223 Å². The third-order valence-corrected chi connectivity index (χ3v) is 8.30. The number of rotatable bonds is 9. The molecule has 36 heavy (non-hydrogen) atoms. The second kappa shape index (κ2) is 12.3. The maximum Gasteiger partial charge on any atom is 0.244 e. The van der Waals surface area contributed by atoms with Crippen LogP contribution in [0.4, 0.5) is 5.69 Å². The summed E-state index contributed by atoms with van der Waals surface area (Å²) in [5.41, 5.74) is 1.93. The fraction of sp³-hybridized carbons (Fsp3) is 0.462. The van der Waals surface area contributed by atoms with Crippen molar-refractivity contribution in [1.29, 1.82) is 0 Å². The molecule has 0 spiro atoms. The average molecular weight is 555 g/mol. The van der Waals surface area contributed by atoms with Crippen LogP contribution in [-0.2, 0) is 26.2 Å². The first kappa shape index (κ1) is 28.3. The van der Waals surface area contributed by atoms with E-state index in [0.717, 1.165) is 48.2 Å². The fourth-order valence-corrected chi connectivity index (χ4v) is 5.54. The third kappa shape index (κ3) is 7.60. The number of aryl methyl sites for hydroxylation is 1. The van der Waals surface area contributed by atoms with Gasteiger partial charge in [0.2, 0.25) is 21.8 Å². The van der Waals surface area contributed by atoms with Gasteiger partial charge < -0.3 is 10.2 Å². The second-order valence-corrected chi connectivity index (χ2v) is 12.1. The molecule has 0 bridgehead atoms. The normalized spacial score (nSPS) is 15.2. The monoisotopic (exact) mass is 553 g/mol. The summed E-state index contributed by atoms with van der Waals surface area (Å²) >= 11 is 12.2. The lowest BCUT2D eigenvalue weighted by atomic mass is 9.95. The Kier molecular flexibility index (Phi) is 9.66. The van der Waals surface area contributed by atoms with Crippen LogP contribution in [0.15, 0.2) is 42.5 Å². The van der Waals surface area contributed by atoms with E-state index < -0.39 is 28.5 Å². The number of nitrogens with zero attached hydrogens (tertiary/aromatic N) is 2. The van der Waals surface area contributed by atoms with Crippen molar-refractivity contribution >= 4 is 50.7 Å². The summed E-state index contributed by atoms with van der Waals surface area (Å²) in [7, 11) is -3.77. The Hall–Kier alpha value is -2.29. The summed E-state index contributed by atoms with van der Waals surface area (Å²) < 4.78 is 26.4. The standard InChI is InChI=1S/C26H33Cl2N3O4S/c1-18-8-7-11-22(14-18)31(36(3,34)35)17-25(32)30(16-20-12-13-23(27)24(28)15-20)19(2)26(33)29-21-9-5-4-6-10-21/h7-8,11-15,19,21H,4-6,9-10,16-17H2,1-3H3,(H,29,33). The first-order valence-electron chi connectivity index (χ1n) is 12.0. The number of carbonyl (C=O) groups is 2. The van der Waals surface area contributed by atoms with E-state index in [2.05, 4.69) is 5.32 Å². The Morgan fingerprint density at radius 1 is 1.06 bits per heavy atom. The lowest BCUT2D eigenvalue weighted by Gasteiger charge is -2.33. The van der Waals surface area contributed by atoms with E-state index in [-0.39, 0.29) is 18.5 Å². The molecule has 2 aromatic carbocycles. The number of halogens is 2. The predicted molar refractivity (Wildman–Crippen MR) is 145 cm³/mol. The third-order valence-electron chi connectivity index (χ3n) is 6.42. The van der Waals surface area contributed by atoms with Gasteiger partial charge in [-0.15, -0.1) is 0 Å². The molecular weight excluding hydrogens is 521 g/mol. The summed E-state index contributed by atoms with van der Waals surface area (Å²) in [4.78, 5) is 28.2. The quantitative estimate of drug-likeness (QED) is 0.476. The van der Waals surface area contributed by atoms with E-state index >= 15 is 0 Å². The summed E-state index contributed by atoms with van der Waals surface area (Å²) in [6, 6.07) is 11.2. The second-order valence-electron chi connectivity index (χ2n) is 9.40. The van der Waals surface area contributed by atoms with Crippen molar-refractivity contribution in [2.24, 2.45) is 0 Å². The smallest absolute Gasteiger partial charge is 0.244 e. The van der Waals surface area contributed by atoms with Crippen LogP contribution >= 0.6 is 23.2 Å². The highest BCUT2D eigenvalue weighted by Gasteiger charge is 2.31. The van der Waals surface area contributed by atoms with E-state index in [1.165, 1.54) is 4.90 Å². The number of amides is 2. The molecule has 0 saturated heterocycles. The molecule has 196 valence electrons. The van der Waals surface area contributed by atoms with Crippen molar-refractivity contribution in [3.8, 4) is 0 Å². The summed E-state index contributed by atoms with van der Waals surface area (Å²) in [6.07, 6.45) is 6.16. The highest BCUT2D eigenvalue weighted by molar-refractivity contribution is 7.92. The minimum absolute atomic E-state index is 0.0698. The molecule has 1 aliphatic rings. The van der Waals surface area contributed by atoms with Gasteiger partial charge in [-0.1, -0.05) is 60.7 Å². The average Bonchev–Trinajstić information content (AvgIpc) is 2.82. The van der Waals surface area contributed by atoms with Crippen LogP contribution in [0.25, 0.3) is 0 Å². The van der Waals surface area contributed by atoms with E-state index in [1.54, 1.807) is 43.3 Å². The van der Waals surface area contributed by atoms with Crippen LogP contribution in [-0.4, -0.2) is 50.0 Å². The van der Waals surface area contributed by atoms with Crippen LogP contribution in [0.1, 0.15) is 50.2 Å². The lowest BCUT2D eigenvalue weighted by Crippen LogP contribution is -2.53. The van der Waals surface area contributed by atoms with Crippen LogP contribution in [0, 0.1) is 6.92 Å². The molecule has 1 fully saturated rings. The van der Waals surface area contributed by atoms with E-state index in [4.69, 9.17) is 23.2 Å². The van der Waals surface area contributed by atoms with Crippen molar-refractivity contribution in [1.82, 2.24) is 10.2 Å². The zero-order valence-corrected chi connectivity index (χ0v) is 23.2. The van der Waals surface area contributed by atoms with Gasteiger partial charge in [-0.3, -0.25) is 13.9 Å². The van der Waals surface area contributed by atoms with Crippen LogP contribution in [0.3, 0.4) is 0 Å². The topological polar surface area (TPSA) is 86.8 Å². The van der Waals surface area contributed by atoms with Crippen molar-refractivity contribution in [2.45, 2.75) is 64.6 Å². The number of carbonyl (C=O) groups excluding carboxylic acids is 2. The minimum atomic E-state index is -3.77. The number of nitrogens with one attached hydrogen (secondary N) is 1. The number of benzene rings is 2. The zero-order chi connectivity index (χ0) is 26.5. The van der Waals surface area contributed by atoms with Crippen molar-refractivity contribution < 1.29 is 18.0 Å². The highest BCUT2D eigenvalue weighted by Crippen LogP contribution is 2.25. The number of hydrogen-bond acceptors (Lipinski definition) is 4. The molecule has 1 N–H and O–H groups in total. The predicted octanol–water partition coefficient (Wildman–Crippen LogP) is 4.93. The molecule has 1 unspecified atom stereocenters. The maximum atomic E-state index is 13.6. The Morgan fingerprint density at radius 3 is 2.36 bits per heavy atom. The van der Waals surface area contributed by atoms with Crippen molar-refractivity contribution in [3.63, 3.8) is 0 Å². The number of hydrogen-bond donors (Lipinski definition) is 1.